The molecule has 0 amide bonds. The summed E-state index contributed by atoms with van der Waals surface area (Å²) in [7, 11) is 0. The number of benzene rings is 1. The molecule has 0 unspecified atom stereocenters. The molecule has 15 heavy (non-hydrogen) atoms. The van der Waals surface area contributed by atoms with E-state index in [0.717, 1.165) is 0 Å². The lowest BCUT2D eigenvalue weighted by Gasteiger charge is -2.07. The Kier molecular flexibility index (Phi) is 3.91. The zero-order chi connectivity index (χ0) is 11.3. The van der Waals surface area contributed by atoms with Crippen LogP contribution in [0, 0.1) is 10.1 Å². The molecule has 1 aromatic rings. The minimum atomic E-state index is -0.427. The van der Waals surface area contributed by atoms with Crippen LogP contribution in [0.1, 0.15) is 13.8 Å². The van der Waals surface area contributed by atoms with Gasteiger partial charge in [-0.1, -0.05) is 0 Å². The lowest BCUT2D eigenvalue weighted by molar-refractivity contribution is -0.384. The van der Waals surface area contributed by atoms with Gasteiger partial charge < -0.3 is 10.1 Å². The van der Waals surface area contributed by atoms with Crippen molar-refractivity contribution in [3.8, 4) is 5.75 Å². The van der Waals surface area contributed by atoms with Gasteiger partial charge in [-0.3, -0.25) is 10.1 Å². The summed E-state index contributed by atoms with van der Waals surface area (Å²) in [4.78, 5) is 10.2. The summed E-state index contributed by atoms with van der Waals surface area (Å²) in [5.41, 5.74) is 0.743. The smallest absolute Gasteiger partial charge is 0.275 e. The molecule has 1 aromatic carbocycles. The van der Waals surface area contributed by atoms with Crippen LogP contribution in [0.4, 0.5) is 11.4 Å². The zero-order valence-corrected chi connectivity index (χ0v) is 8.82. The molecule has 0 spiro atoms. The van der Waals surface area contributed by atoms with Crippen LogP contribution in [0.15, 0.2) is 18.2 Å². The monoisotopic (exact) mass is 210 g/mol. The second kappa shape index (κ2) is 5.19. The third kappa shape index (κ3) is 3.12. The molecule has 0 bridgehead atoms. The minimum Gasteiger partial charge on any atom is -0.494 e. The van der Waals surface area contributed by atoms with Crippen molar-refractivity contribution in [2.75, 3.05) is 18.5 Å². The zero-order valence-electron chi connectivity index (χ0n) is 8.82. The van der Waals surface area contributed by atoms with E-state index in [2.05, 4.69) is 5.32 Å². The fourth-order valence-corrected chi connectivity index (χ4v) is 1.24. The summed E-state index contributed by atoms with van der Waals surface area (Å²) in [5.74, 6) is 0.516. The van der Waals surface area contributed by atoms with Crippen LogP contribution >= 0.6 is 0 Å². The Morgan fingerprint density at radius 3 is 2.67 bits per heavy atom. The summed E-state index contributed by atoms with van der Waals surface area (Å²) in [6.07, 6.45) is 0. The van der Waals surface area contributed by atoms with Crippen molar-refractivity contribution in [1.82, 2.24) is 0 Å². The molecule has 0 aliphatic rings. The van der Waals surface area contributed by atoms with E-state index in [1.165, 1.54) is 12.1 Å². The van der Waals surface area contributed by atoms with Gasteiger partial charge in [0.1, 0.15) is 5.75 Å². The lowest BCUT2D eigenvalue weighted by atomic mass is 10.2. The standard InChI is InChI=1S/C10H14N2O3/c1-3-11-8-5-9(12(13)14)7-10(6-8)15-4-2/h5-7,11H,3-4H2,1-2H3. The number of nitro benzene ring substituents is 1. The molecule has 0 aliphatic carbocycles. The molecule has 0 aliphatic heterocycles. The van der Waals surface area contributed by atoms with Gasteiger partial charge in [0, 0.05) is 24.4 Å². The van der Waals surface area contributed by atoms with Gasteiger partial charge in [-0.05, 0) is 13.8 Å². The Morgan fingerprint density at radius 2 is 2.13 bits per heavy atom. The average molecular weight is 210 g/mol. The quantitative estimate of drug-likeness (QED) is 0.598. The molecule has 0 atom stereocenters. The van der Waals surface area contributed by atoms with Crippen molar-refractivity contribution in [2.45, 2.75) is 13.8 Å². The van der Waals surface area contributed by atoms with Crippen molar-refractivity contribution in [3.05, 3.63) is 28.3 Å². The van der Waals surface area contributed by atoms with Crippen molar-refractivity contribution < 1.29 is 9.66 Å². The molecule has 82 valence electrons. The molecular weight excluding hydrogens is 196 g/mol. The van der Waals surface area contributed by atoms with Gasteiger partial charge in [-0.25, -0.2) is 0 Å². The van der Waals surface area contributed by atoms with E-state index in [1.807, 2.05) is 13.8 Å². The maximum absolute atomic E-state index is 10.6. The number of hydrogen-bond donors (Lipinski definition) is 1. The third-order valence-electron chi connectivity index (χ3n) is 1.79. The predicted octanol–water partition coefficient (Wildman–Crippen LogP) is 2.43. The highest BCUT2D eigenvalue weighted by Crippen LogP contribution is 2.25. The first-order chi connectivity index (χ1) is 7.17. The number of non-ortho nitro benzene ring substituents is 1. The van der Waals surface area contributed by atoms with Gasteiger partial charge in [0.25, 0.3) is 5.69 Å². The van der Waals surface area contributed by atoms with Crippen LogP contribution in [-0.4, -0.2) is 18.1 Å². The number of nitro groups is 1. The van der Waals surface area contributed by atoms with Crippen molar-refractivity contribution in [3.63, 3.8) is 0 Å². The highest BCUT2D eigenvalue weighted by atomic mass is 16.6. The predicted molar refractivity (Wildman–Crippen MR) is 58.4 cm³/mol. The van der Waals surface area contributed by atoms with Gasteiger partial charge in [-0.2, -0.15) is 0 Å². The van der Waals surface area contributed by atoms with Gasteiger partial charge in [-0.15, -0.1) is 0 Å². The van der Waals surface area contributed by atoms with E-state index in [4.69, 9.17) is 4.74 Å². The minimum absolute atomic E-state index is 0.0388. The van der Waals surface area contributed by atoms with E-state index in [0.29, 0.717) is 24.6 Å². The molecule has 0 aromatic heterocycles. The Morgan fingerprint density at radius 1 is 1.40 bits per heavy atom. The van der Waals surface area contributed by atoms with E-state index >= 15 is 0 Å². The van der Waals surface area contributed by atoms with Crippen LogP contribution in [0.2, 0.25) is 0 Å². The summed E-state index contributed by atoms with van der Waals surface area (Å²) in [6.45, 7) is 4.98. The molecule has 5 heteroatoms. The van der Waals surface area contributed by atoms with Gasteiger partial charge in [0.2, 0.25) is 0 Å². The number of hydrogen-bond acceptors (Lipinski definition) is 4. The maximum Gasteiger partial charge on any atom is 0.275 e. The average Bonchev–Trinajstić information content (AvgIpc) is 2.18. The fourth-order valence-electron chi connectivity index (χ4n) is 1.24. The third-order valence-corrected chi connectivity index (χ3v) is 1.79. The number of ether oxygens (including phenoxy) is 1. The van der Waals surface area contributed by atoms with Crippen LogP contribution in [0.25, 0.3) is 0 Å². The Labute approximate surface area is 88.2 Å². The molecule has 1 rings (SSSR count). The van der Waals surface area contributed by atoms with Crippen molar-refractivity contribution in [2.24, 2.45) is 0 Å². The maximum atomic E-state index is 10.6. The first-order valence-electron chi connectivity index (χ1n) is 4.83. The number of rotatable bonds is 5. The summed E-state index contributed by atoms with van der Waals surface area (Å²) < 4.78 is 5.24. The number of anilines is 1. The molecule has 0 saturated carbocycles. The van der Waals surface area contributed by atoms with Crippen LogP contribution in [0.5, 0.6) is 5.75 Å². The second-order valence-corrected chi connectivity index (χ2v) is 2.94. The normalized spacial score (nSPS) is 9.73. The van der Waals surface area contributed by atoms with Crippen LogP contribution < -0.4 is 10.1 Å². The molecule has 1 N–H and O–H groups in total. The SMILES string of the molecule is CCNc1cc(OCC)cc([N+](=O)[O-])c1. The van der Waals surface area contributed by atoms with E-state index in [9.17, 15) is 10.1 Å². The van der Waals surface area contributed by atoms with Gasteiger partial charge >= 0.3 is 0 Å². The van der Waals surface area contributed by atoms with E-state index in [1.54, 1.807) is 6.07 Å². The summed E-state index contributed by atoms with van der Waals surface area (Å²) >= 11 is 0. The molecular formula is C10H14N2O3. The first-order valence-corrected chi connectivity index (χ1v) is 4.83. The van der Waals surface area contributed by atoms with Gasteiger partial charge in [0.15, 0.2) is 0 Å². The van der Waals surface area contributed by atoms with Crippen LogP contribution in [0.3, 0.4) is 0 Å². The number of nitrogens with zero attached hydrogens (tertiary/aromatic N) is 1. The Bertz CT molecular complexity index is 328. The van der Waals surface area contributed by atoms with E-state index in [-0.39, 0.29) is 5.69 Å². The molecule has 0 saturated heterocycles. The highest BCUT2D eigenvalue weighted by Gasteiger charge is 2.09. The second-order valence-electron chi connectivity index (χ2n) is 2.94. The van der Waals surface area contributed by atoms with E-state index < -0.39 is 4.92 Å². The van der Waals surface area contributed by atoms with Crippen molar-refractivity contribution >= 4 is 11.4 Å². The summed E-state index contributed by atoms with van der Waals surface area (Å²) in [6, 6.07) is 4.66. The molecule has 0 fully saturated rings. The van der Waals surface area contributed by atoms with Crippen LogP contribution in [-0.2, 0) is 0 Å². The Balaban J connectivity index is 3.02. The molecule has 0 heterocycles. The first kappa shape index (κ1) is 11.3. The van der Waals surface area contributed by atoms with Crippen molar-refractivity contribution in [1.29, 1.82) is 0 Å². The fraction of sp³-hybridized carbons (Fsp3) is 0.400. The largest absolute Gasteiger partial charge is 0.494 e. The topological polar surface area (TPSA) is 64.4 Å². The summed E-state index contributed by atoms with van der Waals surface area (Å²) in [5, 5.41) is 13.7. The molecule has 5 nitrogen and oxygen atoms in total. The Hall–Kier alpha value is -1.78. The van der Waals surface area contributed by atoms with Gasteiger partial charge in [0.05, 0.1) is 17.6 Å². The number of nitrogens with one attached hydrogen (secondary N) is 1. The lowest BCUT2D eigenvalue weighted by Crippen LogP contribution is -2.00. The molecule has 0 radical (unpaired) electrons. The highest BCUT2D eigenvalue weighted by molar-refractivity contribution is 5.56.